The number of thiocarbonyl (C=S) groups is 1. The van der Waals surface area contributed by atoms with Gasteiger partial charge in [-0.3, -0.25) is 0 Å². The quantitative estimate of drug-likeness (QED) is 0.813. The Bertz CT molecular complexity index is 512. The standard InChI is InChI=1S/C17H26N2OS/c1-4-17(5-2)11-13(9-10-20-17)19-15-12(3)7-6-8-14(15)16(18)21/h6-8,13,19H,4-5,9-11H2,1-3H3,(H2,18,21). The molecule has 1 aliphatic heterocycles. The smallest absolute Gasteiger partial charge is 0.106 e. The number of rotatable bonds is 5. The van der Waals surface area contributed by atoms with Crippen molar-refractivity contribution < 1.29 is 4.74 Å². The number of nitrogens with two attached hydrogens (primary N) is 1. The molecule has 1 saturated heterocycles. The first-order chi connectivity index (χ1) is 10.0. The molecule has 0 aliphatic carbocycles. The summed E-state index contributed by atoms with van der Waals surface area (Å²) in [6, 6.07) is 6.49. The summed E-state index contributed by atoms with van der Waals surface area (Å²) in [5.74, 6) is 0. The van der Waals surface area contributed by atoms with Crippen molar-refractivity contribution in [3.8, 4) is 0 Å². The van der Waals surface area contributed by atoms with E-state index in [1.54, 1.807) is 0 Å². The molecule has 3 N–H and O–H groups in total. The minimum absolute atomic E-state index is 0.0159. The highest BCUT2D eigenvalue weighted by Crippen LogP contribution is 2.33. The Morgan fingerprint density at radius 1 is 1.43 bits per heavy atom. The van der Waals surface area contributed by atoms with E-state index in [0.29, 0.717) is 11.0 Å². The monoisotopic (exact) mass is 306 g/mol. The molecule has 4 heteroatoms. The number of hydrogen-bond acceptors (Lipinski definition) is 3. The van der Waals surface area contributed by atoms with E-state index < -0.39 is 0 Å². The average Bonchev–Trinajstić information content (AvgIpc) is 2.49. The second-order valence-corrected chi connectivity index (χ2v) is 6.37. The van der Waals surface area contributed by atoms with Gasteiger partial charge in [-0.2, -0.15) is 0 Å². The number of anilines is 1. The lowest BCUT2D eigenvalue weighted by atomic mass is 9.85. The van der Waals surface area contributed by atoms with Crippen LogP contribution in [0.4, 0.5) is 5.69 Å². The molecule has 1 aromatic rings. The number of aryl methyl sites for hydroxylation is 1. The Kier molecular flexibility index (Phi) is 5.22. The summed E-state index contributed by atoms with van der Waals surface area (Å²) in [5, 5.41) is 3.67. The lowest BCUT2D eigenvalue weighted by molar-refractivity contribution is -0.0864. The van der Waals surface area contributed by atoms with E-state index in [0.717, 1.165) is 43.5 Å². The van der Waals surface area contributed by atoms with Crippen molar-refractivity contribution in [1.29, 1.82) is 0 Å². The van der Waals surface area contributed by atoms with Gasteiger partial charge in [0.2, 0.25) is 0 Å². The van der Waals surface area contributed by atoms with E-state index >= 15 is 0 Å². The highest BCUT2D eigenvalue weighted by atomic mass is 32.1. The third-order valence-corrected chi connectivity index (χ3v) is 4.89. The molecule has 3 nitrogen and oxygen atoms in total. The predicted octanol–water partition coefficient (Wildman–Crippen LogP) is 3.78. The number of nitrogens with one attached hydrogen (secondary N) is 1. The second-order valence-electron chi connectivity index (χ2n) is 5.93. The van der Waals surface area contributed by atoms with E-state index in [9.17, 15) is 0 Å². The second kappa shape index (κ2) is 6.75. The molecule has 2 rings (SSSR count). The molecule has 0 amide bonds. The first-order valence-electron chi connectivity index (χ1n) is 7.81. The van der Waals surface area contributed by atoms with Crippen LogP contribution >= 0.6 is 12.2 Å². The van der Waals surface area contributed by atoms with Crippen molar-refractivity contribution in [3.05, 3.63) is 29.3 Å². The van der Waals surface area contributed by atoms with E-state index in [-0.39, 0.29) is 5.60 Å². The van der Waals surface area contributed by atoms with Crippen LogP contribution in [0.2, 0.25) is 0 Å². The van der Waals surface area contributed by atoms with Gasteiger partial charge >= 0.3 is 0 Å². The van der Waals surface area contributed by atoms with Gasteiger partial charge in [0.05, 0.1) is 5.60 Å². The molecule has 0 aromatic heterocycles. The molecule has 1 heterocycles. The SMILES string of the molecule is CCC1(CC)CC(Nc2c(C)cccc2C(N)=S)CCO1. The topological polar surface area (TPSA) is 47.3 Å². The van der Waals surface area contributed by atoms with Crippen LogP contribution in [0.5, 0.6) is 0 Å². The van der Waals surface area contributed by atoms with Crippen molar-refractivity contribution in [2.45, 2.75) is 58.1 Å². The van der Waals surface area contributed by atoms with Gasteiger partial charge in [0.25, 0.3) is 0 Å². The van der Waals surface area contributed by atoms with Crippen LogP contribution in [-0.4, -0.2) is 23.2 Å². The highest BCUT2D eigenvalue weighted by molar-refractivity contribution is 7.80. The number of benzene rings is 1. The first kappa shape index (κ1) is 16.2. The zero-order valence-corrected chi connectivity index (χ0v) is 14.1. The molecule has 0 radical (unpaired) electrons. The van der Waals surface area contributed by atoms with Crippen molar-refractivity contribution >= 4 is 22.9 Å². The fourth-order valence-electron chi connectivity index (χ4n) is 3.16. The summed E-state index contributed by atoms with van der Waals surface area (Å²) in [5.41, 5.74) is 9.08. The molecule has 1 unspecified atom stereocenters. The maximum atomic E-state index is 6.05. The fraction of sp³-hybridized carbons (Fsp3) is 0.588. The van der Waals surface area contributed by atoms with Crippen LogP contribution in [0, 0.1) is 6.92 Å². The summed E-state index contributed by atoms with van der Waals surface area (Å²) in [6.07, 6.45) is 4.16. The molecule has 21 heavy (non-hydrogen) atoms. The van der Waals surface area contributed by atoms with Crippen molar-refractivity contribution in [2.75, 3.05) is 11.9 Å². The largest absolute Gasteiger partial charge is 0.389 e. The minimum atomic E-state index is 0.0159. The van der Waals surface area contributed by atoms with Crippen LogP contribution < -0.4 is 11.1 Å². The Morgan fingerprint density at radius 3 is 2.76 bits per heavy atom. The Labute approximate surface area is 133 Å². The summed E-state index contributed by atoms with van der Waals surface area (Å²) >= 11 is 5.18. The Hall–Kier alpha value is -1.13. The van der Waals surface area contributed by atoms with Crippen LogP contribution in [0.25, 0.3) is 0 Å². The van der Waals surface area contributed by atoms with E-state index in [1.165, 1.54) is 5.56 Å². The van der Waals surface area contributed by atoms with Gasteiger partial charge in [-0.25, -0.2) is 0 Å². The van der Waals surface area contributed by atoms with E-state index in [4.69, 9.17) is 22.7 Å². The summed E-state index contributed by atoms with van der Waals surface area (Å²) in [6.45, 7) is 7.32. The molecule has 1 fully saturated rings. The van der Waals surface area contributed by atoms with E-state index in [1.807, 2.05) is 12.1 Å². The highest BCUT2D eigenvalue weighted by Gasteiger charge is 2.34. The van der Waals surface area contributed by atoms with Gasteiger partial charge in [0, 0.05) is 23.9 Å². The summed E-state index contributed by atoms with van der Waals surface area (Å²) < 4.78 is 6.05. The molecule has 1 atom stereocenters. The van der Waals surface area contributed by atoms with Gasteiger partial charge < -0.3 is 15.8 Å². The maximum absolute atomic E-state index is 6.05. The summed E-state index contributed by atoms with van der Waals surface area (Å²) in [4.78, 5) is 0.450. The van der Waals surface area contributed by atoms with Crippen molar-refractivity contribution in [2.24, 2.45) is 5.73 Å². The van der Waals surface area contributed by atoms with E-state index in [2.05, 4.69) is 32.2 Å². The van der Waals surface area contributed by atoms with Gasteiger partial charge in [-0.1, -0.05) is 38.2 Å². The van der Waals surface area contributed by atoms with Crippen LogP contribution in [0.3, 0.4) is 0 Å². The zero-order chi connectivity index (χ0) is 15.5. The predicted molar refractivity (Wildman–Crippen MR) is 93.0 cm³/mol. The number of hydrogen-bond donors (Lipinski definition) is 2. The third-order valence-electron chi connectivity index (χ3n) is 4.67. The van der Waals surface area contributed by atoms with Gasteiger partial charge in [0.15, 0.2) is 0 Å². The molecule has 0 spiro atoms. The van der Waals surface area contributed by atoms with Crippen LogP contribution in [0.15, 0.2) is 18.2 Å². The Balaban J connectivity index is 2.20. The molecular formula is C17H26N2OS. The number of ether oxygens (including phenoxy) is 1. The average molecular weight is 306 g/mol. The normalized spacial score (nSPS) is 21.0. The lowest BCUT2D eigenvalue weighted by Gasteiger charge is -2.41. The van der Waals surface area contributed by atoms with Gasteiger partial charge in [-0.15, -0.1) is 0 Å². The Morgan fingerprint density at radius 2 is 2.14 bits per heavy atom. The molecule has 116 valence electrons. The molecular weight excluding hydrogens is 280 g/mol. The molecule has 0 bridgehead atoms. The van der Waals surface area contributed by atoms with Crippen LogP contribution in [0.1, 0.15) is 50.7 Å². The number of para-hydroxylation sites is 1. The molecule has 0 saturated carbocycles. The lowest BCUT2D eigenvalue weighted by Crippen LogP contribution is -2.44. The van der Waals surface area contributed by atoms with Gasteiger partial charge in [-0.05, 0) is 44.2 Å². The fourth-order valence-corrected chi connectivity index (χ4v) is 3.33. The minimum Gasteiger partial charge on any atom is -0.389 e. The van der Waals surface area contributed by atoms with Crippen molar-refractivity contribution in [3.63, 3.8) is 0 Å². The maximum Gasteiger partial charge on any atom is 0.106 e. The molecule has 1 aliphatic rings. The summed E-state index contributed by atoms with van der Waals surface area (Å²) in [7, 11) is 0. The van der Waals surface area contributed by atoms with Crippen LogP contribution in [-0.2, 0) is 4.74 Å². The zero-order valence-electron chi connectivity index (χ0n) is 13.2. The third kappa shape index (κ3) is 3.55. The van der Waals surface area contributed by atoms with Gasteiger partial charge in [0.1, 0.15) is 4.99 Å². The molecule has 1 aromatic carbocycles. The first-order valence-corrected chi connectivity index (χ1v) is 8.22. The van der Waals surface area contributed by atoms with Crippen molar-refractivity contribution in [1.82, 2.24) is 0 Å².